The molecule has 50 valence electrons. The van der Waals surface area contributed by atoms with Crippen LogP contribution in [0.3, 0.4) is 0 Å². The van der Waals surface area contributed by atoms with E-state index in [4.69, 9.17) is 23.2 Å². The van der Waals surface area contributed by atoms with Gasteiger partial charge in [0, 0.05) is 0 Å². The molecule has 0 saturated heterocycles. The quantitative estimate of drug-likeness (QED) is 0.447. The van der Waals surface area contributed by atoms with Crippen LogP contribution in [0, 0.1) is 5.21 Å². The van der Waals surface area contributed by atoms with Crippen LogP contribution in [0.25, 0.3) is 0 Å². The highest BCUT2D eigenvalue weighted by atomic mass is 35.5. The van der Waals surface area contributed by atoms with E-state index in [1.54, 1.807) is 0 Å². The van der Waals surface area contributed by atoms with E-state index in [0.717, 1.165) is 0 Å². The molecule has 0 amide bonds. The van der Waals surface area contributed by atoms with Crippen LogP contribution >= 0.6 is 23.2 Å². The maximum Gasteiger partial charge on any atom is 0.0906 e. The van der Waals surface area contributed by atoms with Crippen molar-refractivity contribution in [1.29, 1.82) is 0 Å². The first-order valence-corrected chi connectivity index (χ1v) is 3.51. The minimum atomic E-state index is 0.148. The Hall–Kier alpha value is 0.500. The Morgan fingerprint density at radius 1 is 1.12 bits per heavy atom. The smallest absolute Gasteiger partial charge is 0.0906 e. The van der Waals surface area contributed by atoms with Gasteiger partial charge in [-0.1, -0.05) is 0 Å². The van der Waals surface area contributed by atoms with Crippen molar-refractivity contribution in [2.24, 2.45) is 0 Å². The van der Waals surface area contributed by atoms with Gasteiger partial charge in [0.2, 0.25) is 0 Å². The molecule has 0 bridgehead atoms. The molecule has 0 spiro atoms. The monoisotopic (exact) mass is 157 g/mol. The summed E-state index contributed by atoms with van der Waals surface area (Å²) in [6.45, 7) is 0.905. The molecular formula is C4H9Cl2NO. The summed E-state index contributed by atoms with van der Waals surface area (Å²) in [5.41, 5.74) is 0. The molecule has 0 aliphatic carbocycles. The van der Waals surface area contributed by atoms with E-state index < -0.39 is 0 Å². The summed E-state index contributed by atoms with van der Waals surface area (Å²) in [7, 11) is 0. The summed E-state index contributed by atoms with van der Waals surface area (Å²) in [5, 5.41) is 10.6. The SMILES string of the molecule is [O-][NH+](CCCl)CCCl. The molecule has 0 unspecified atom stereocenters. The zero-order valence-corrected chi connectivity index (χ0v) is 6.00. The van der Waals surface area contributed by atoms with Gasteiger partial charge in [0.15, 0.2) is 0 Å². The molecule has 0 heterocycles. The summed E-state index contributed by atoms with van der Waals surface area (Å²) in [5.74, 6) is 0.825. The van der Waals surface area contributed by atoms with Gasteiger partial charge in [-0.15, -0.1) is 23.2 Å². The summed E-state index contributed by atoms with van der Waals surface area (Å²) < 4.78 is 0. The third-order valence-electron chi connectivity index (χ3n) is 0.747. The van der Waals surface area contributed by atoms with Crippen molar-refractivity contribution in [3.8, 4) is 0 Å². The second-order valence-corrected chi connectivity index (χ2v) is 2.17. The van der Waals surface area contributed by atoms with Crippen molar-refractivity contribution in [3.05, 3.63) is 5.21 Å². The Bertz CT molecular complexity index is 47.3. The van der Waals surface area contributed by atoms with Crippen LogP contribution in [0.4, 0.5) is 0 Å². The molecule has 0 atom stereocenters. The third kappa shape index (κ3) is 4.65. The lowest BCUT2D eigenvalue weighted by Crippen LogP contribution is -3.07. The van der Waals surface area contributed by atoms with Crippen molar-refractivity contribution in [3.63, 3.8) is 0 Å². The molecule has 0 saturated carbocycles. The Balaban J connectivity index is 2.92. The molecule has 0 aromatic rings. The first-order valence-electron chi connectivity index (χ1n) is 2.45. The normalized spacial score (nSPS) is 10.5. The molecule has 8 heavy (non-hydrogen) atoms. The topological polar surface area (TPSA) is 27.5 Å². The van der Waals surface area contributed by atoms with Crippen LogP contribution in [-0.2, 0) is 0 Å². The van der Waals surface area contributed by atoms with Crippen molar-refractivity contribution >= 4 is 23.2 Å². The van der Waals surface area contributed by atoms with Gasteiger partial charge < -0.3 is 10.3 Å². The van der Waals surface area contributed by atoms with E-state index >= 15 is 0 Å². The molecule has 2 nitrogen and oxygen atoms in total. The first kappa shape index (κ1) is 8.50. The molecule has 0 rings (SSSR count). The fourth-order valence-corrected chi connectivity index (χ4v) is 0.757. The third-order valence-corrected chi connectivity index (χ3v) is 1.12. The van der Waals surface area contributed by atoms with Gasteiger partial charge in [-0.3, -0.25) is 0 Å². The lowest BCUT2D eigenvalue weighted by Gasteiger charge is -2.18. The Morgan fingerprint density at radius 3 is 1.75 bits per heavy atom. The molecule has 4 heteroatoms. The van der Waals surface area contributed by atoms with Gasteiger partial charge in [-0.2, -0.15) is 0 Å². The number of hydroxylamine groups is 2. The molecule has 0 fully saturated rings. The van der Waals surface area contributed by atoms with Crippen molar-refractivity contribution in [1.82, 2.24) is 0 Å². The average Bonchev–Trinajstić information content (AvgIpc) is 1.68. The molecular weight excluding hydrogens is 149 g/mol. The van der Waals surface area contributed by atoms with E-state index in [1.165, 1.54) is 0 Å². The highest BCUT2D eigenvalue weighted by Gasteiger charge is 1.91. The minimum absolute atomic E-state index is 0.148. The molecule has 0 aliphatic rings. The zero-order valence-electron chi connectivity index (χ0n) is 4.49. The largest absolute Gasteiger partial charge is 0.634 e. The minimum Gasteiger partial charge on any atom is -0.634 e. The fourth-order valence-electron chi connectivity index (χ4n) is 0.336. The van der Waals surface area contributed by atoms with Gasteiger partial charge in [0.25, 0.3) is 0 Å². The van der Waals surface area contributed by atoms with Crippen LogP contribution in [-0.4, -0.2) is 24.8 Å². The van der Waals surface area contributed by atoms with Crippen LogP contribution < -0.4 is 5.06 Å². The van der Waals surface area contributed by atoms with E-state index in [0.29, 0.717) is 24.8 Å². The van der Waals surface area contributed by atoms with E-state index in [-0.39, 0.29) is 5.06 Å². The van der Waals surface area contributed by atoms with Crippen LogP contribution in [0.1, 0.15) is 0 Å². The second kappa shape index (κ2) is 5.63. The Labute approximate surface area is 58.9 Å². The van der Waals surface area contributed by atoms with E-state index in [9.17, 15) is 5.21 Å². The van der Waals surface area contributed by atoms with Gasteiger partial charge in [-0.05, 0) is 0 Å². The number of hydrogen-bond acceptors (Lipinski definition) is 1. The van der Waals surface area contributed by atoms with Crippen LogP contribution in [0.2, 0.25) is 0 Å². The highest BCUT2D eigenvalue weighted by molar-refractivity contribution is 6.18. The van der Waals surface area contributed by atoms with Crippen molar-refractivity contribution in [2.75, 3.05) is 24.8 Å². The van der Waals surface area contributed by atoms with Crippen molar-refractivity contribution in [2.45, 2.75) is 0 Å². The molecule has 0 aromatic heterocycles. The van der Waals surface area contributed by atoms with Gasteiger partial charge in [-0.25, -0.2) is 0 Å². The average molecular weight is 158 g/mol. The Morgan fingerprint density at radius 2 is 1.50 bits per heavy atom. The van der Waals surface area contributed by atoms with Crippen LogP contribution in [0.15, 0.2) is 0 Å². The Kier molecular flexibility index (Phi) is 5.99. The summed E-state index contributed by atoms with van der Waals surface area (Å²) >= 11 is 10.5. The zero-order chi connectivity index (χ0) is 6.41. The lowest BCUT2D eigenvalue weighted by molar-refractivity contribution is -0.842. The van der Waals surface area contributed by atoms with Gasteiger partial charge in [0.1, 0.15) is 0 Å². The predicted octanol–water partition coefficient (Wildman–Crippen LogP) is -0.153. The summed E-state index contributed by atoms with van der Waals surface area (Å²) in [4.78, 5) is 0. The number of nitrogens with one attached hydrogen (secondary N) is 1. The number of hydrogen-bond donors (Lipinski definition) is 1. The number of rotatable bonds is 4. The highest BCUT2D eigenvalue weighted by Crippen LogP contribution is 1.67. The molecule has 0 aromatic carbocycles. The lowest BCUT2D eigenvalue weighted by atomic mass is 10.6. The van der Waals surface area contributed by atoms with Gasteiger partial charge >= 0.3 is 0 Å². The van der Waals surface area contributed by atoms with Crippen molar-refractivity contribution < 1.29 is 5.06 Å². The number of quaternary nitrogens is 1. The molecule has 1 N–H and O–H groups in total. The maximum absolute atomic E-state index is 10.5. The number of alkyl halides is 2. The molecule has 0 aliphatic heterocycles. The van der Waals surface area contributed by atoms with E-state index in [2.05, 4.69) is 0 Å². The number of halogens is 2. The maximum atomic E-state index is 10.5. The van der Waals surface area contributed by atoms with E-state index in [1.807, 2.05) is 0 Å². The van der Waals surface area contributed by atoms with Crippen LogP contribution in [0.5, 0.6) is 0 Å². The molecule has 0 radical (unpaired) electrons. The van der Waals surface area contributed by atoms with Gasteiger partial charge in [0.05, 0.1) is 24.8 Å². The second-order valence-electron chi connectivity index (χ2n) is 1.42. The predicted molar refractivity (Wildman–Crippen MR) is 35.5 cm³/mol. The summed E-state index contributed by atoms with van der Waals surface area (Å²) in [6.07, 6.45) is 0. The summed E-state index contributed by atoms with van der Waals surface area (Å²) in [6, 6.07) is 0. The standard InChI is InChI=1S/C4H9Cl2NO/c5-1-3-7(8)4-2-6/h7H,1-4H2. The first-order chi connectivity index (χ1) is 3.81. The fraction of sp³-hybridized carbons (Fsp3) is 1.00.